The first-order valence-electron chi connectivity index (χ1n) is 9.72. The lowest BCUT2D eigenvalue weighted by Gasteiger charge is -2.19. The van der Waals surface area contributed by atoms with Crippen LogP contribution in [0.15, 0.2) is 11.3 Å². The normalized spacial score (nSPS) is 24.6. The molecular formula is C15H23N5O14P2. The molecule has 0 bridgehead atoms. The third kappa shape index (κ3) is 8.13. The molecule has 1 amide bonds. The Balaban J connectivity index is 2.08. The molecule has 0 saturated carbocycles. The van der Waals surface area contributed by atoms with Crippen molar-refractivity contribution in [1.29, 1.82) is 0 Å². The first-order valence-corrected chi connectivity index (χ1v) is 12.3. The van der Waals surface area contributed by atoms with Crippen molar-refractivity contribution in [1.82, 2.24) is 9.55 Å². The van der Waals surface area contributed by atoms with E-state index in [0.717, 1.165) is 17.2 Å². The maximum absolute atomic E-state index is 11.9. The lowest BCUT2D eigenvalue weighted by molar-refractivity contribution is -0.189. The molecule has 2 rings (SSSR count). The number of ether oxygens (including phenoxy) is 1. The van der Waals surface area contributed by atoms with Crippen LogP contribution in [0.4, 0.5) is 5.82 Å². The van der Waals surface area contributed by atoms with Crippen LogP contribution in [-0.4, -0.2) is 108 Å². The van der Waals surface area contributed by atoms with Gasteiger partial charge in [0, 0.05) is 0 Å². The number of carbonyl (C=O) groups excluding carboxylic acids is 2. The van der Waals surface area contributed by atoms with E-state index in [0.29, 0.717) is 0 Å². The number of nitrogens with zero attached hydrogens (tertiary/aromatic N) is 3. The van der Waals surface area contributed by atoms with Crippen molar-refractivity contribution < 1.29 is 67.6 Å². The number of anilines is 1. The molecule has 21 heteroatoms. The minimum absolute atomic E-state index is 0.206. The Kier molecular flexibility index (Phi) is 10.7. The number of nitrogens with one attached hydrogen (secondary N) is 1. The highest BCUT2D eigenvalue weighted by Gasteiger charge is 2.45. The third-order valence-electron chi connectivity index (χ3n) is 4.63. The second-order valence-corrected chi connectivity index (χ2v) is 9.10. The number of ketones is 1. The molecule has 0 radical (unpaired) electrons. The van der Waals surface area contributed by atoms with Crippen molar-refractivity contribution >= 4 is 39.9 Å². The molecule has 9 N–H and O–H groups in total. The predicted octanol–water partition coefficient (Wildman–Crippen LogP) is -4.52. The number of aliphatic imine (C=N–C) groups is 1. The Morgan fingerprint density at radius 1 is 1.39 bits per heavy atom. The van der Waals surface area contributed by atoms with E-state index in [9.17, 15) is 44.0 Å². The molecule has 36 heavy (non-hydrogen) atoms. The van der Waals surface area contributed by atoms with Gasteiger partial charge in [-0.1, -0.05) is 0 Å². The molecule has 1 aromatic rings. The van der Waals surface area contributed by atoms with Crippen LogP contribution in [0.25, 0.3) is 0 Å². The first kappa shape index (κ1) is 30.0. The fraction of sp³-hybridized carbons (Fsp3) is 0.600. The highest BCUT2D eigenvalue weighted by molar-refractivity contribution is 7.46. The van der Waals surface area contributed by atoms with E-state index >= 15 is 0 Å². The number of phosphoric acid groups is 1. The summed E-state index contributed by atoms with van der Waals surface area (Å²) in [5.74, 6) is -2.29. The van der Waals surface area contributed by atoms with Gasteiger partial charge in [-0.15, -0.1) is 4.52 Å². The summed E-state index contributed by atoms with van der Waals surface area (Å²) in [6.45, 7) is -2.38. The fourth-order valence-electron chi connectivity index (χ4n) is 2.92. The second kappa shape index (κ2) is 12.8. The van der Waals surface area contributed by atoms with Gasteiger partial charge in [-0.25, -0.2) is 9.55 Å². The summed E-state index contributed by atoms with van der Waals surface area (Å²) in [5, 5.41) is 42.2. The number of nitrogens with two attached hydrogens (primary N) is 1. The van der Waals surface area contributed by atoms with Gasteiger partial charge in [0.1, 0.15) is 49.5 Å². The maximum atomic E-state index is 11.9. The van der Waals surface area contributed by atoms with Crippen LogP contribution in [0.3, 0.4) is 0 Å². The number of phosphoric ester groups is 1. The molecule has 1 aromatic heterocycles. The maximum Gasteiger partial charge on any atom is 0.488 e. The Morgan fingerprint density at radius 3 is 2.64 bits per heavy atom. The van der Waals surface area contributed by atoms with Crippen molar-refractivity contribution in [2.75, 3.05) is 25.1 Å². The summed E-state index contributed by atoms with van der Waals surface area (Å²) < 4.78 is 36.1. The number of aliphatic hydroxyl groups is 4. The van der Waals surface area contributed by atoms with Crippen LogP contribution in [0.5, 0.6) is 0 Å². The van der Waals surface area contributed by atoms with Gasteiger partial charge >= 0.3 is 16.1 Å². The number of carbonyl (C=O) groups is 2. The van der Waals surface area contributed by atoms with E-state index in [-0.39, 0.29) is 11.5 Å². The van der Waals surface area contributed by atoms with E-state index in [1.54, 1.807) is 0 Å². The summed E-state index contributed by atoms with van der Waals surface area (Å²) in [7, 11) is -8.18. The van der Waals surface area contributed by atoms with Crippen molar-refractivity contribution in [3.05, 3.63) is 12.0 Å². The van der Waals surface area contributed by atoms with E-state index in [1.807, 2.05) is 0 Å². The molecule has 19 nitrogen and oxygen atoms in total. The zero-order valence-corrected chi connectivity index (χ0v) is 19.8. The van der Waals surface area contributed by atoms with Gasteiger partial charge in [0.25, 0.3) is 5.91 Å². The summed E-state index contributed by atoms with van der Waals surface area (Å²) in [6, 6.07) is 0. The summed E-state index contributed by atoms with van der Waals surface area (Å²) in [6.07, 6.45) is -8.02. The number of rotatable bonds is 14. The third-order valence-corrected chi connectivity index (χ3v) is 5.48. The molecule has 1 unspecified atom stereocenters. The van der Waals surface area contributed by atoms with Gasteiger partial charge in [-0.2, -0.15) is 0 Å². The Morgan fingerprint density at radius 2 is 2.06 bits per heavy atom. The largest absolute Gasteiger partial charge is 0.566 e. The van der Waals surface area contributed by atoms with Crippen LogP contribution in [0.1, 0.15) is 16.7 Å². The Hall–Kier alpha value is -2.25. The molecule has 0 aromatic carbocycles. The minimum Gasteiger partial charge on any atom is -0.566 e. The van der Waals surface area contributed by atoms with Crippen molar-refractivity contribution in [3.8, 4) is 0 Å². The van der Waals surface area contributed by atoms with Gasteiger partial charge in [-0.05, 0) is 4.57 Å². The number of Topliss-reactive ketones (excluding diaryl/α,β-unsaturated/α-hetero) is 1. The van der Waals surface area contributed by atoms with E-state index in [4.69, 9.17) is 20.3 Å². The molecule has 0 spiro atoms. The Bertz CT molecular complexity index is 1030. The fourth-order valence-corrected chi connectivity index (χ4v) is 3.54. The van der Waals surface area contributed by atoms with Crippen molar-refractivity contribution in [2.45, 2.75) is 36.7 Å². The minimum atomic E-state index is -4.94. The lowest BCUT2D eigenvalue weighted by atomic mass is 10.1. The summed E-state index contributed by atoms with van der Waals surface area (Å²) >= 11 is 0. The zero-order chi connectivity index (χ0) is 27.2. The highest BCUT2D eigenvalue weighted by atomic mass is 31.2. The quantitative estimate of drug-likeness (QED) is 0.0604. The number of amides is 1. The number of primary amides is 1. The number of aliphatic hydroxyl groups excluding tert-OH is 4. The van der Waals surface area contributed by atoms with Gasteiger partial charge in [0.2, 0.25) is 0 Å². The molecular weight excluding hydrogens is 536 g/mol. The smallest absolute Gasteiger partial charge is 0.488 e. The molecule has 1 saturated heterocycles. The monoisotopic (exact) mass is 559 g/mol. The highest BCUT2D eigenvalue weighted by Crippen LogP contribution is 2.36. The molecule has 2 heterocycles. The van der Waals surface area contributed by atoms with E-state index in [2.05, 4.69) is 24.3 Å². The molecule has 1 fully saturated rings. The molecule has 1 aliphatic rings. The van der Waals surface area contributed by atoms with Crippen molar-refractivity contribution in [2.24, 2.45) is 10.7 Å². The number of aromatic nitrogens is 2. The average molecular weight is 559 g/mol. The van der Waals surface area contributed by atoms with E-state index in [1.165, 1.54) is 0 Å². The SMILES string of the molecule is NC(=O)c1ncn([C@@H]2O[C@H](CO[P+](=O)[O-])[C@@H](O)[C@H]2O)c1NC=NCC(=O)[C@H](O)[C@H](O)COP(=O)(O)O. The lowest BCUT2D eigenvalue weighted by Crippen LogP contribution is -2.38. The van der Waals surface area contributed by atoms with Crippen LogP contribution in [0.2, 0.25) is 0 Å². The van der Waals surface area contributed by atoms with Crippen LogP contribution in [-0.2, 0) is 27.7 Å². The molecule has 0 aliphatic carbocycles. The van der Waals surface area contributed by atoms with Gasteiger partial charge < -0.3 is 50.9 Å². The summed E-state index contributed by atoms with van der Waals surface area (Å²) in [4.78, 5) is 58.8. The molecule has 1 aliphatic heterocycles. The topological polar surface area (TPSA) is 309 Å². The van der Waals surface area contributed by atoms with E-state index < -0.39 is 84.3 Å². The predicted molar refractivity (Wildman–Crippen MR) is 112 cm³/mol. The van der Waals surface area contributed by atoms with Crippen LogP contribution in [0, 0.1) is 0 Å². The summed E-state index contributed by atoms with van der Waals surface area (Å²) in [5.41, 5.74) is 4.89. The number of hydrogen-bond donors (Lipinski definition) is 8. The van der Waals surface area contributed by atoms with Gasteiger partial charge in [0.15, 0.2) is 17.7 Å². The number of imidazole rings is 1. The Labute approximate surface area is 202 Å². The first-order chi connectivity index (χ1) is 16.7. The van der Waals surface area contributed by atoms with Crippen LogP contribution < -0.4 is 15.9 Å². The van der Waals surface area contributed by atoms with Crippen LogP contribution >= 0.6 is 16.1 Å². The van der Waals surface area contributed by atoms with Gasteiger partial charge in [-0.3, -0.25) is 23.7 Å². The van der Waals surface area contributed by atoms with Crippen molar-refractivity contribution in [3.63, 3.8) is 0 Å². The molecule has 202 valence electrons. The standard InChI is InChI=1S/C15H23N5O14P2/c16-13(26)9-14(18-4-17-1-6(21)10(23)7(22)2-33-36(29,30)31)20(5-19-9)15-12(25)11(24)8(34-15)3-32-35(27)28/h4-5,7-8,10-12,15,22-25H,1-3H2,(H2,16,26)(H,17,18)(H2,29,30,31)/t7-,8-,10+,11-,12-,15-/m1/s1. The zero-order valence-electron chi connectivity index (χ0n) is 18.0. The average Bonchev–Trinajstić information content (AvgIpc) is 3.33. The van der Waals surface area contributed by atoms with Gasteiger partial charge in [0.05, 0.1) is 19.3 Å². The second-order valence-electron chi connectivity index (χ2n) is 7.16. The molecule has 7 atom stereocenters. The number of hydrogen-bond acceptors (Lipinski definition) is 14.